The topological polar surface area (TPSA) is 94.4 Å². The van der Waals surface area contributed by atoms with E-state index < -0.39 is 18.1 Å². The van der Waals surface area contributed by atoms with Crippen molar-refractivity contribution in [3.63, 3.8) is 0 Å². The third-order valence-electron chi connectivity index (χ3n) is 6.81. The highest BCUT2D eigenvalue weighted by Gasteiger charge is 2.36. The number of aromatic nitrogens is 4. The van der Waals surface area contributed by atoms with Crippen LogP contribution in [0.2, 0.25) is 0 Å². The lowest BCUT2D eigenvalue weighted by Gasteiger charge is -2.35. The zero-order chi connectivity index (χ0) is 26.2. The Morgan fingerprint density at radius 2 is 1.95 bits per heavy atom. The van der Waals surface area contributed by atoms with Crippen LogP contribution in [0.5, 0.6) is 11.6 Å². The standard InChI is InChI=1S/C25H27F3N6O3/c1-15-3-4-19-20(34(15)24(35)36-2)6-5-18(16-13-31-33(14-16)17-7-10-29-11-8-17)22(19)37-21-9-12-30-23(32-21)25(26,27)28/h5-6,9,12-15,17,29H,3-4,7-8,10-11H2,1-2H3. The molecule has 196 valence electrons. The van der Waals surface area contributed by atoms with Crippen molar-refractivity contribution < 1.29 is 27.4 Å². The molecule has 1 aromatic carbocycles. The molecule has 0 radical (unpaired) electrons. The van der Waals surface area contributed by atoms with Crippen LogP contribution in [0.3, 0.4) is 0 Å². The summed E-state index contributed by atoms with van der Waals surface area (Å²) in [6.45, 7) is 3.73. The summed E-state index contributed by atoms with van der Waals surface area (Å²) in [5.74, 6) is -1.21. The van der Waals surface area contributed by atoms with Crippen LogP contribution >= 0.6 is 0 Å². The number of carbonyl (C=O) groups is 1. The van der Waals surface area contributed by atoms with Crippen molar-refractivity contribution in [2.45, 2.75) is 50.9 Å². The maximum absolute atomic E-state index is 13.3. The molecule has 2 aliphatic heterocycles. The molecule has 1 amide bonds. The molecule has 2 aromatic heterocycles. The molecule has 1 saturated heterocycles. The van der Waals surface area contributed by atoms with Gasteiger partial charge in [-0.15, -0.1) is 0 Å². The molecule has 0 saturated carbocycles. The van der Waals surface area contributed by atoms with E-state index in [9.17, 15) is 18.0 Å². The van der Waals surface area contributed by atoms with Crippen LogP contribution in [0, 0.1) is 0 Å². The number of carbonyl (C=O) groups excluding carboxylic acids is 1. The fraction of sp³-hybridized carbons (Fsp3) is 0.440. The summed E-state index contributed by atoms with van der Waals surface area (Å²) < 4.78 is 52.8. The van der Waals surface area contributed by atoms with Crippen molar-refractivity contribution in [3.05, 3.63) is 48.2 Å². The van der Waals surface area contributed by atoms with Gasteiger partial charge in [0.2, 0.25) is 11.7 Å². The fourth-order valence-electron chi connectivity index (χ4n) is 4.91. The zero-order valence-corrected chi connectivity index (χ0v) is 20.5. The summed E-state index contributed by atoms with van der Waals surface area (Å²) in [7, 11) is 1.31. The van der Waals surface area contributed by atoms with E-state index in [2.05, 4.69) is 20.4 Å². The molecule has 4 heterocycles. The quantitative estimate of drug-likeness (QED) is 0.523. The molecule has 1 atom stereocenters. The van der Waals surface area contributed by atoms with Crippen molar-refractivity contribution in [1.29, 1.82) is 0 Å². The van der Waals surface area contributed by atoms with Gasteiger partial charge in [-0.1, -0.05) is 0 Å². The van der Waals surface area contributed by atoms with Crippen molar-refractivity contribution in [1.82, 2.24) is 25.1 Å². The minimum atomic E-state index is -4.72. The van der Waals surface area contributed by atoms with Gasteiger partial charge in [-0.25, -0.2) is 9.78 Å². The highest BCUT2D eigenvalue weighted by Crippen LogP contribution is 2.45. The summed E-state index contributed by atoms with van der Waals surface area (Å²) in [6, 6.07) is 5.01. The van der Waals surface area contributed by atoms with Gasteiger partial charge < -0.3 is 14.8 Å². The number of benzene rings is 1. The molecule has 37 heavy (non-hydrogen) atoms. The molecule has 1 unspecified atom stereocenters. The van der Waals surface area contributed by atoms with Crippen molar-refractivity contribution >= 4 is 11.8 Å². The molecule has 1 fully saturated rings. The number of nitrogens with zero attached hydrogens (tertiary/aromatic N) is 5. The number of fused-ring (bicyclic) bond motifs is 1. The van der Waals surface area contributed by atoms with E-state index in [1.807, 2.05) is 23.9 Å². The predicted molar refractivity (Wildman–Crippen MR) is 129 cm³/mol. The van der Waals surface area contributed by atoms with Gasteiger partial charge in [-0.05, 0) is 57.8 Å². The molecule has 5 rings (SSSR count). The average Bonchev–Trinajstić information content (AvgIpc) is 3.39. The van der Waals surface area contributed by atoms with Crippen LogP contribution in [-0.2, 0) is 17.3 Å². The minimum absolute atomic E-state index is 0.128. The average molecular weight is 517 g/mol. The highest BCUT2D eigenvalue weighted by atomic mass is 19.4. The van der Waals surface area contributed by atoms with E-state index >= 15 is 0 Å². The molecular formula is C25H27F3N6O3. The van der Waals surface area contributed by atoms with Crippen molar-refractivity contribution in [2.24, 2.45) is 0 Å². The summed E-state index contributed by atoms with van der Waals surface area (Å²) in [6.07, 6.45) is 2.48. The number of methoxy groups -OCH3 is 1. The second kappa shape index (κ2) is 10.0. The van der Waals surface area contributed by atoms with Crippen molar-refractivity contribution in [3.8, 4) is 22.8 Å². The maximum atomic E-state index is 13.3. The number of anilines is 1. The van der Waals surface area contributed by atoms with Crippen LogP contribution in [0.25, 0.3) is 11.1 Å². The lowest BCUT2D eigenvalue weighted by Crippen LogP contribution is -2.42. The van der Waals surface area contributed by atoms with Crippen LogP contribution in [-0.4, -0.2) is 52.1 Å². The molecule has 9 nitrogen and oxygen atoms in total. The van der Waals surface area contributed by atoms with Gasteiger partial charge in [0.05, 0.1) is 25.0 Å². The summed E-state index contributed by atoms with van der Waals surface area (Å²) in [4.78, 5) is 21.1. The Morgan fingerprint density at radius 3 is 2.68 bits per heavy atom. The molecular weight excluding hydrogens is 489 g/mol. The maximum Gasteiger partial charge on any atom is 0.451 e. The largest absolute Gasteiger partial charge is 0.452 e. The molecule has 2 aliphatic rings. The number of halogens is 3. The number of rotatable bonds is 4. The molecule has 0 aliphatic carbocycles. The number of hydrogen-bond donors (Lipinski definition) is 1. The Morgan fingerprint density at radius 1 is 1.16 bits per heavy atom. The Balaban J connectivity index is 1.61. The van der Waals surface area contributed by atoms with E-state index in [1.165, 1.54) is 18.1 Å². The number of amides is 1. The molecule has 3 aromatic rings. The Labute approximate surface area is 211 Å². The van der Waals surface area contributed by atoms with Gasteiger partial charge >= 0.3 is 12.3 Å². The first-order valence-electron chi connectivity index (χ1n) is 12.1. The van der Waals surface area contributed by atoms with Gasteiger partial charge in [-0.3, -0.25) is 9.58 Å². The minimum Gasteiger partial charge on any atom is -0.452 e. The fourth-order valence-corrected chi connectivity index (χ4v) is 4.91. The van der Waals surface area contributed by atoms with Gasteiger partial charge in [-0.2, -0.15) is 23.3 Å². The van der Waals surface area contributed by atoms with Gasteiger partial charge in [0.1, 0.15) is 5.75 Å². The van der Waals surface area contributed by atoms with Gasteiger partial charge in [0.25, 0.3) is 0 Å². The summed E-state index contributed by atoms with van der Waals surface area (Å²) in [5.41, 5.74) is 2.66. The monoisotopic (exact) mass is 516 g/mol. The van der Waals surface area contributed by atoms with E-state index in [-0.39, 0.29) is 18.0 Å². The normalized spacial score (nSPS) is 18.4. The third-order valence-corrected chi connectivity index (χ3v) is 6.81. The number of piperidine rings is 1. The highest BCUT2D eigenvalue weighted by molar-refractivity contribution is 5.92. The zero-order valence-electron chi connectivity index (χ0n) is 20.5. The Kier molecular flexibility index (Phi) is 6.76. The summed E-state index contributed by atoms with van der Waals surface area (Å²) >= 11 is 0. The van der Waals surface area contributed by atoms with Crippen LogP contribution < -0.4 is 15.0 Å². The van der Waals surface area contributed by atoms with E-state index in [1.54, 1.807) is 12.3 Å². The second-order valence-electron chi connectivity index (χ2n) is 9.18. The van der Waals surface area contributed by atoms with Gasteiger partial charge in [0.15, 0.2) is 0 Å². The molecule has 0 bridgehead atoms. The lowest BCUT2D eigenvalue weighted by molar-refractivity contribution is -0.145. The first-order chi connectivity index (χ1) is 17.8. The molecule has 0 spiro atoms. The van der Waals surface area contributed by atoms with Gasteiger partial charge in [0, 0.05) is 41.2 Å². The smallest absolute Gasteiger partial charge is 0.451 e. The second-order valence-corrected chi connectivity index (χ2v) is 9.18. The number of ether oxygens (including phenoxy) is 2. The van der Waals surface area contributed by atoms with E-state index in [0.717, 1.165) is 37.7 Å². The predicted octanol–water partition coefficient (Wildman–Crippen LogP) is 4.98. The third kappa shape index (κ3) is 4.97. The lowest BCUT2D eigenvalue weighted by atomic mass is 9.92. The Bertz CT molecular complexity index is 1290. The SMILES string of the molecule is COC(=O)N1c2ccc(-c3cnn(C4CCNCC4)c3)c(Oc3ccnc(C(F)(F)F)n3)c2CCC1C. The number of alkyl halides is 3. The van der Waals surface area contributed by atoms with Crippen molar-refractivity contribution in [2.75, 3.05) is 25.1 Å². The summed E-state index contributed by atoms with van der Waals surface area (Å²) in [5, 5.41) is 7.90. The first kappa shape index (κ1) is 25.0. The van der Waals surface area contributed by atoms with Crippen LogP contribution in [0.1, 0.15) is 43.6 Å². The van der Waals surface area contributed by atoms with Crippen LogP contribution in [0.15, 0.2) is 36.8 Å². The van der Waals surface area contributed by atoms with E-state index in [0.29, 0.717) is 35.4 Å². The molecule has 1 N–H and O–H groups in total. The first-order valence-corrected chi connectivity index (χ1v) is 12.1. The van der Waals surface area contributed by atoms with E-state index in [4.69, 9.17) is 9.47 Å². The Hall–Kier alpha value is -3.67. The van der Waals surface area contributed by atoms with Crippen LogP contribution in [0.4, 0.5) is 23.7 Å². The number of hydrogen-bond acceptors (Lipinski definition) is 7. The number of nitrogens with one attached hydrogen (secondary N) is 1. The molecule has 12 heteroatoms.